The van der Waals surface area contributed by atoms with Gasteiger partial charge in [0.05, 0.1) is 25.2 Å². The van der Waals surface area contributed by atoms with Gasteiger partial charge >= 0.3 is 0 Å². The van der Waals surface area contributed by atoms with Crippen molar-refractivity contribution in [3.8, 4) is 11.5 Å². The van der Waals surface area contributed by atoms with E-state index in [0.29, 0.717) is 30.2 Å². The first-order chi connectivity index (χ1) is 14.6. The van der Waals surface area contributed by atoms with E-state index in [2.05, 4.69) is 5.32 Å². The van der Waals surface area contributed by atoms with E-state index in [-0.39, 0.29) is 24.3 Å². The summed E-state index contributed by atoms with van der Waals surface area (Å²) in [5.41, 5.74) is 2.04. The van der Waals surface area contributed by atoms with Gasteiger partial charge in [-0.25, -0.2) is 0 Å². The standard InChI is InChI=1S/C24H28N2O4/c1-2-29-20-9-6-17(7-10-20)15-23(27)25-18-8-11-22-21(16-18)24(28)26-13-4-3-5-19(26)12-14-30-22/h6-11,16,19H,2-5,12-15H2,1H3,(H,25,27). The maximum atomic E-state index is 13.2. The second kappa shape index (κ2) is 9.20. The average molecular weight is 408 g/mol. The van der Waals surface area contributed by atoms with Crippen LogP contribution in [-0.2, 0) is 11.2 Å². The second-order valence-electron chi connectivity index (χ2n) is 7.80. The van der Waals surface area contributed by atoms with Gasteiger partial charge in [-0.3, -0.25) is 9.59 Å². The molecular weight excluding hydrogens is 380 g/mol. The van der Waals surface area contributed by atoms with Crippen molar-refractivity contribution in [2.75, 3.05) is 25.1 Å². The van der Waals surface area contributed by atoms with Crippen molar-refractivity contribution in [2.24, 2.45) is 0 Å². The third-order valence-corrected chi connectivity index (χ3v) is 5.69. The molecule has 2 heterocycles. The quantitative estimate of drug-likeness (QED) is 0.811. The second-order valence-corrected chi connectivity index (χ2v) is 7.80. The van der Waals surface area contributed by atoms with E-state index < -0.39 is 0 Å². The summed E-state index contributed by atoms with van der Waals surface area (Å²) in [6.07, 6.45) is 4.34. The molecule has 2 amide bonds. The molecule has 6 heteroatoms. The van der Waals surface area contributed by atoms with E-state index >= 15 is 0 Å². The van der Waals surface area contributed by atoms with Crippen molar-refractivity contribution >= 4 is 17.5 Å². The number of nitrogens with zero attached hydrogens (tertiary/aromatic N) is 1. The van der Waals surface area contributed by atoms with Crippen LogP contribution in [0.25, 0.3) is 0 Å². The smallest absolute Gasteiger partial charge is 0.257 e. The number of amides is 2. The first kappa shape index (κ1) is 20.3. The summed E-state index contributed by atoms with van der Waals surface area (Å²) in [5.74, 6) is 1.25. The maximum Gasteiger partial charge on any atom is 0.257 e. The summed E-state index contributed by atoms with van der Waals surface area (Å²) in [5, 5.41) is 2.91. The van der Waals surface area contributed by atoms with Crippen LogP contribution in [0, 0.1) is 0 Å². The summed E-state index contributed by atoms with van der Waals surface area (Å²) >= 11 is 0. The molecule has 1 saturated heterocycles. The molecule has 0 saturated carbocycles. The molecule has 2 aromatic rings. The van der Waals surface area contributed by atoms with E-state index in [4.69, 9.17) is 9.47 Å². The summed E-state index contributed by atoms with van der Waals surface area (Å²) in [7, 11) is 0. The molecular formula is C24H28N2O4. The topological polar surface area (TPSA) is 67.9 Å². The highest BCUT2D eigenvalue weighted by Crippen LogP contribution is 2.31. The Hall–Kier alpha value is -3.02. The van der Waals surface area contributed by atoms with Gasteiger partial charge in [0, 0.05) is 24.7 Å². The summed E-state index contributed by atoms with van der Waals surface area (Å²) in [6.45, 7) is 3.94. The average Bonchev–Trinajstić information content (AvgIpc) is 2.75. The van der Waals surface area contributed by atoms with Gasteiger partial charge in [-0.05, 0) is 62.1 Å². The summed E-state index contributed by atoms with van der Waals surface area (Å²) in [6, 6.07) is 13.1. The number of anilines is 1. The van der Waals surface area contributed by atoms with Crippen molar-refractivity contribution in [2.45, 2.75) is 45.1 Å². The van der Waals surface area contributed by atoms with Crippen molar-refractivity contribution in [1.82, 2.24) is 4.90 Å². The highest BCUT2D eigenvalue weighted by molar-refractivity contribution is 6.00. The fourth-order valence-electron chi connectivity index (χ4n) is 4.19. The van der Waals surface area contributed by atoms with Gasteiger partial charge in [0.15, 0.2) is 0 Å². The Morgan fingerprint density at radius 3 is 2.80 bits per heavy atom. The highest BCUT2D eigenvalue weighted by Gasteiger charge is 2.31. The van der Waals surface area contributed by atoms with E-state index in [1.54, 1.807) is 18.2 Å². The van der Waals surface area contributed by atoms with Crippen LogP contribution < -0.4 is 14.8 Å². The minimum Gasteiger partial charge on any atom is -0.494 e. The van der Waals surface area contributed by atoms with Gasteiger partial charge in [-0.1, -0.05) is 12.1 Å². The highest BCUT2D eigenvalue weighted by atomic mass is 16.5. The number of carbonyl (C=O) groups is 2. The molecule has 30 heavy (non-hydrogen) atoms. The predicted molar refractivity (Wildman–Crippen MR) is 115 cm³/mol. The van der Waals surface area contributed by atoms with Gasteiger partial charge in [0.25, 0.3) is 5.91 Å². The molecule has 2 aliphatic rings. The van der Waals surface area contributed by atoms with Crippen LogP contribution in [0.5, 0.6) is 11.5 Å². The molecule has 4 rings (SSSR count). The van der Waals surface area contributed by atoms with E-state index in [0.717, 1.165) is 43.5 Å². The monoisotopic (exact) mass is 408 g/mol. The minimum atomic E-state index is -0.130. The Bertz CT molecular complexity index is 910. The Balaban J connectivity index is 1.46. The molecule has 6 nitrogen and oxygen atoms in total. The lowest BCUT2D eigenvalue weighted by molar-refractivity contribution is -0.115. The van der Waals surface area contributed by atoms with E-state index in [9.17, 15) is 9.59 Å². The van der Waals surface area contributed by atoms with Crippen LogP contribution in [0.2, 0.25) is 0 Å². The zero-order chi connectivity index (χ0) is 20.9. The largest absolute Gasteiger partial charge is 0.494 e. The fraction of sp³-hybridized carbons (Fsp3) is 0.417. The zero-order valence-corrected chi connectivity index (χ0v) is 17.4. The van der Waals surface area contributed by atoms with Crippen LogP contribution in [0.15, 0.2) is 42.5 Å². The molecule has 0 aromatic heterocycles. The maximum absolute atomic E-state index is 13.2. The molecule has 1 atom stereocenters. The number of piperidine rings is 1. The first-order valence-corrected chi connectivity index (χ1v) is 10.7. The van der Waals surface area contributed by atoms with Crippen LogP contribution in [0.3, 0.4) is 0 Å². The number of hydrogen-bond donors (Lipinski definition) is 1. The molecule has 2 aromatic carbocycles. The van der Waals surface area contributed by atoms with Crippen molar-refractivity contribution in [3.05, 3.63) is 53.6 Å². The fourth-order valence-corrected chi connectivity index (χ4v) is 4.19. The van der Waals surface area contributed by atoms with Crippen LogP contribution in [0.4, 0.5) is 5.69 Å². The molecule has 1 fully saturated rings. The third kappa shape index (κ3) is 4.58. The van der Waals surface area contributed by atoms with Crippen molar-refractivity contribution < 1.29 is 19.1 Å². The molecule has 0 spiro atoms. The minimum absolute atomic E-state index is 0.00277. The van der Waals surface area contributed by atoms with Crippen LogP contribution in [0.1, 0.15) is 48.5 Å². The molecule has 1 N–H and O–H groups in total. The van der Waals surface area contributed by atoms with Crippen molar-refractivity contribution in [3.63, 3.8) is 0 Å². The lowest BCUT2D eigenvalue weighted by Gasteiger charge is -2.37. The van der Waals surface area contributed by atoms with Gasteiger partial charge < -0.3 is 19.7 Å². The first-order valence-electron chi connectivity index (χ1n) is 10.7. The number of rotatable bonds is 5. The molecule has 0 bridgehead atoms. The molecule has 1 unspecified atom stereocenters. The molecule has 2 aliphatic heterocycles. The molecule has 0 aliphatic carbocycles. The van der Waals surface area contributed by atoms with E-state index in [1.807, 2.05) is 36.1 Å². The van der Waals surface area contributed by atoms with Crippen LogP contribution >= 0.6 is 0 Å². The number of nitrogens with one attached hydrogen (secondary N) is 1. The Morgan fingerprint density at radius 1 is 1.17 bits per heavy atom. The number of hydrogen-bond acceptors (Lipinski definition) is 4. The Morgan fingerprint density at radius 2 is 2.00 bits per heavy atom. The lowest BCUT2D eigenvalue weighted by atomic mass is 9.97. The Kier molecular flexibility index (Phi) is 6.21. The third-order valence-electron chi connectivity index (χ3n) is 5.69. The Labute approximate surface area is 177 Å². The van der Waals surface area contributed by atoms with Crippen LogP contribution in [-0.4, -0.2) is 42.5 Å². The lowest BCUT2D eigenvalue weighted by Crippen LogP contribution is -2.45. The summed E-state index contributed by atoms with van der Waals surface area (Å²) < 4.78 is 11.3. The van der Waals surface area contributed by atoms with Gasteiger partial charge in [-0.2, -0.15) is 0 Å². The number of benzene rings is 2. The number of ether oxygens (including phenoxy) is 2. The predicted octanol–water partition coefficient (Wildman–Crippen LogP) is 4.04. The number of fused-ring (bicyclic) bond motifs is 2. The normalized spacial score (nSPS) is 18.4. The SMILES string of the molecule is CCOc1ccc(CC(=O)Nc2ccc3c(c2)C(=O)N2CCCCC2CCO3)cc1. The van der Waals surface area contributed by atoms with Crippen molar-refractivity contribution in [1.29, 1.82) is 0 Å². The van der Waals surface area contributed by atoms with E-state index in [1.165, 1.54) is 0 Å². The van der Waals surface area contributed by atoms with Gasteiger partial charge in [-0.15, -0.1) is 0 Å². The molecule has 158 valence electrons. The number of carbonyl (C=O) groups excluding carboxylic acids is 2. The van der Waals surface area contributed by atoms with Gasteiger partial charge in [0.2, 0.25) is 5.91 Å². The van der Waals surface area contributed by atoms with Gasteiger partial charge in [0.1, 0.15) is 11.5 Å². The molecule has 0 radical (unpaired) electrons. The zero-order valence-electron chi connectivity index (χ0n) is 17.4. The summed E-state index contributed by atoms with van der Waals surface area (Å²) in [4.78, 5) is 27.7.